The van der Waals surface area contributed by atoms with Gasteiger partial charge in [0.1, 0.15) is 6.29 Å². The number of carbonyl (C=O) groups excluding carboxylic acids is 1. The van der Waals surface area contributed by atoms with Crippen LogP contribution in [0.3, 0.4) is 0 Å². The molecule has 88 valence electrons. The van der Waals surface area contributed by atoms with Crippen molar-refractivity contribution in [2.75, 3.05) is 24.5 Å². The number of nitrogens with zero attached hydrogens (tertiary/aromatic N) is 1. The van der Waals surface area contributed by atoms with E-state index in [1.165, 1.54) is 5.56 Å². The minimum atomic E-state index is 0.630. The SMILES string of the molecule is CCCN(CCN)c1cc(C=O)ccc1C. The first kappa shape index (κ1) is 12.7. The zero-order chi connectivity index (χ0) is 12.0. The molecule has 0 aliphatic rings. The van der Waals surface area contributed by atoms with Crippen LogP contribution in [0.4, 0.5) is 5.69 Å². The first-order chi connectivity index (χ1) is 7.72. The zero-order valence-electron chi connectivity index (χ0n) is 10.1. The fraction of sp³-hybridized carbons (Fsp3) is 0.462. The van der Waals surface area contributed by atoms with Crippen molar-refractivity contribution in [1.29, 1.82) is 0 Å². The lowest BCUT2D eigenvalue weighted by Crippen LogP contribution is -2.30. The van der Waals surface area contributed by atoms with Gasteiger partial charge in [-0.1, -0.05) is 19.1 Å². The van der Waals surface area contributed by atoms with Gasteiger partial charge in [-0.3, -0.25) is 4.79 Å². The fourth-order valence-corrected chi connectivity index (χ4v) is 1.82. The molecule has 0 saturated heterocycles. The highest BCUT2D eigenvalue weighted by Gasteiger charge is 2.08. The van der Waals surface area contributed by atoms with Crippen LogP contribution in [-0.2, 0) is 0 Å². The van der Waals surface area contributed by atoms with Crippen molar-refractivity contribution in [2.24, 2.45) is 5.73 Å². The van der Waals surface area contributed by atoms with Crippen LogP contribution in [-0.4, -0.2) is 25.9 Å². The molecule has 1 aromatic rings. The van der Waals surface area contributed by atoms with Gasteiger partial charge < -0.3 is 10.6 Å². The van der Waals surface area contributed by atoms with Crippen LogP contribution in [0.5, 0.6) is 0 Å². The quantitative estimate of drug-likeness (QED) is 0.746. The van der Waals surface area contributed by atoms with Gasteiger partial charge in [-0.05, 0) is 25.0 Å². The molecule has 0 aromatic heterocycles. The molecule has 1 rings (SSSR count). The van der Waals surface area contributed by atoms with Crippen LogP contribution in [0.1, 0.15) is 29.3 Å². The number of nitrogens with two attached hydrogens (primary N) is 1. The van der Waals surface area contributed by atoms with Crippen LogP contribution < -0.4 is 10.6 Å². The molecule has 0 radical (unpaired) electrons. The molecular formula is C13H20N2O. The Balaban J connectivity index is 3.00. The number of carbonyl (C=O) groups is 1. The molecule has 0 atom stereocenters. The molecule has 0 unspecified atom stereocenters. The number of rotatable bonds is 6. The summed E-state index contributed by atoms with van der Waals surface area (Å²) in [6.07, 6.45) is 1.96. The molecule has 2 N–H and O–H groups in total. The Bertz CT molecular complexity index is 344. The number of hydrogen-bond donors (Lipinski definition) is 1. The Morgan fingerprint density at radius 1 is 1.38 bits per heavy atom. The van der Waals surface area contributed by atoms with Crippen molar-refractivity contribution in [2.45, 2.75) is 20.3 Å². The molecule has 0 amide bonds. The van der Waals surface area contributed by atoms with E-state index in [0.717, 1.165) is 37.0 Å². The maximum Gasteiger partial charge on any atom is 0.150 e. The number of anilines is 1. The molecule has 3 nitrogen and oxygen atoms in total. The van der Waals surface area contributed by atoms with Crippen LogP contribution in [0.15, 0.2) is 18.2 Å². The Hall–Kier alpha value is -1.35. The number of benzene rings is 1. The third-order valence-corrected chi connectivity index (χ3v) is 2.60. The fourth-order valence-electron chi connectivity index (χ4n) is 1.82. The van der Waals surface area contributed by atoms with Gasteiger partial charge in [-0.25, -0.2) is 0 Å². The minimum Gasteiger partial charge on any atom is -0.370 e. The molecule has 0 saturated carbocycles. The summed E-state index contributed by atoms with van der Waals surface area (Å²) in [5, 5.41) is 0. The van der Waals surface area contributed by atoms with E-state index in [0.29, 0.717) is 6.54 Å². The molecular weight excluding hydrogens is 200 g/mol. The van der Waals surface area contributed by atoms with Gasteiger partial charge in [0, 0.05) is 30.9 Å². The highest BCUT2D eigenvalue weighted by molar-refractivity contribution is 5.78. The molecule has 1 aromatic carbocycles. The predicted molar refractivity (Wildman–Crippen MR) is 68.1 cm³/mol. The third kappa shape index (κ3) is 3.07. The molecule has 16 heavy (non-hydrogen) atoms. The predicted octanol–water partition coefficient (Wildman–Crippen LogP) is 1.98. The second-order valence-electron chi connectivity index (χ2n) is 3.94. The van der Waals surface area contributed by atoms with E-state index in [1.807, 2.05) is 18.2 Å². The smallest absolute Gasteiger partial charge is 0.150 e. The number of aldehydes is 1. The number of hydrogen-bond acceptors (Lipinski definition) is 3. The molecule has 0 heterocycles. The summed E-state index contributed by atoms with van der Waals surface area (Å²) in [5.41, 5.74) is 8.64. The summed E-state index contributed by atoms with van der Waals surface area (Å²) in [6, 6.07) is 5.77. The van der Waals surface area contributed by atoms with Gasteiger partial charge in [0.2, 0.25) is 0 Å². The van der Waals surface area contributed by atoms with E-state index in [4.69, 9.17) is 5.73 Å². The molecule has 0 fully saturated rings. The van der Waals surface area contributed by atoms with Crippen LogP contribution in [0.25, 0.3) is 0 Å². The Morgan fingerprint density at radius 2 is 2.12 bits per heavy atom. The van der Waals surface area contributed by atoms with Gasteiger partial charge in [-0.15, -0.1) is 0 Å². The van der Waals surface area contributed by atoms with Crippen molar-refractivity contribution in [3.8, 4) is 0 Å². The maximum absolute atomic E-state index is 10.8. The van der Waals surface area contributed by atoms with E-state index in [9.17, 15) is 4.79 Å². The molecule has 0 aliphatic heterocycles. The Morgan fingerprint density at radius 3 is 2.69 bits per heavy atom. The van der Waals surface area contributed by atoms with E-state index in [1.54, 1.807) is 0 Å². The summed E-state index contributed by atoms with van der Waals surface area (Å²) >= 11 is 0. The molecule has 0 bridgehead atoms. The second kappa shape index (κ2) is 6.28. The van der Waals surface area contributed by atoms with E-state index >= 15 is 0 Å². The van der Waals surface area contributed by atoms with Crippen molar-refractivity contribution in [1.82, 2.24) is 0 Å². The van der Waals surface area contributed by atoms with Crippen LogP contribution in [0, 0.1) is 6.92 Å². The van der Waals surface area contributed by atoms with Gasteiger partial charge in [0.25, 0.3) is 0 Å². The third-order valence-electron chi connectivity index (χ3n) is 2.60. The Labute approximate surface area is 97.2 Å². The molecule has 0 aliphatic carbocycles. The van der Waals surface area contributed by atoms with Crippen molar-refractivity contribution in [3.05, 3.63) is 29.3 Å². The second-order valence-corrected chi connectivity index (χ2v) is 3.94. The van der Waals surface area contributed by atoms with E-state index < -0.39 is 0 Å². The number of aryl methyl sites for hydroxylation is 1. The summed E-state index contributed by atoms with van der Waals surface area (Å²) in [6.45, 7) is 6.63. The van der Waals surface area contributed by atoms with Crippen molar-refractivity contribution < 1.29 is 4.79 Å². The highest BCUT2D eigenvalue weighted by Crippen LogP contribution is 2.21. The van der Waals surface area contributed by atoms with Crippen molar-refractivity contribution >= 4 is 12.0 Å². The van der Waals surface area contributed by atoms with Crippen LogP contribution >= 0.6 is 0 Å². The topological polar surface area (TPSA) is 46.3 Å². The molecule has 0 spiro atoms. The summed E-state index contributed by atoms with van der Waals surface area (Å²) in [7, 11) is 0. The lowest BCUT2D eigenvalue weighted by molar-refractivity contribution is 0.112. The largest absolute Gasteiger partial charge is 0.370 e. The van der Waals surface area contributed by atoms with Gasteiger partial charge in [-0.2, -0.15) is 0 Å². The molecule has 3 heteroatoms. The standard InChI is InChI=1S/C13H20N2O/c1-3-7-15(8-6-14)13-9-12(10-16)5-4-11(13)2/h4-5,9-10H,3,6-8,14H2,1-2H3. The first-order valence-electron chi connectivity index (χ1n) is 5.73. The Kier molecular flexibility index (Phi) is 4.99. The lowest BCUT2D eigenvalue weighted by Gasteiger charge is -2.25. The van der Waals surface area contributed by atoms with Gasteiger partial charge in [0.05, 0.1) is 0 Å². The highest BCUT2D eigenvalue weighted by atomic mass is 16.1. The normalized spacial score (nSPS) is 10.2. The first-order valence-corrected chi connectivity index (χ1v) is 5.73. The summed E-state index contributed by atoms with van der Waals surface area (Å²) < 4.78 is 0. The summed E-state index contributed by atoms with van der Waals surface area (Å²) in [4.78, 5) is 13.0. The average Bonchev–Trinajstić information content (AvgIpc) is 2.29. The van der Waals surface area contributed by atoms with Crippen LogP contribution in [0.2, 0.25) is 0 Å². The van der Waals surface area contributed by atoms with Crippen molar-refractivity contribution in [3.63, 3.8) is 0 Å². The minimum absolute atomic E-state index is 0.630. The van der Waals surface area contributed by atoms with Gasteiger partial charge >= 0.3 is 0 Å². The maximum atomic E-state index is 10.8. The average molecular weight is 220 g/mol. The van der Waals surface area contributed by atoms with E-state index in [-0.39, 0.29) is 0 Å². The van der Waals surface area contributed by atoms with E-state index in [2.05, 4.69) is 18.7 Å². The lowest BCUT2D eigenvalue weighted by atomic mass is 10.1. The summed E-state index contributed by atoms with van der Waals surface area (Å²) in [5.74, 6) is 0. The zero-order valence-corrected chi connectivity index (χ0v) is 10.1. The van der Waals surface area contributed by atoms with Gasteiger partial charge in [0.15, 0.2) is 0 Å². The monoisotopic (exact) mass is 220 g/mol.